The number of rotatable bonds is 5. The van der Waals surface area contributed by atoms with E-state index in [0.717, 1.165) is 33.2 Å². The summed E-state index contributed by atoms with van der Waals surface area (Å²) in [6.45, 7) is 0. The van der Waals surface area contributed by atoms with Crippen LogP contribution in [0.3, 0.4) is 0 Å². The van der Waals surface area contributed by atoms with E-state index >= 15 is 0 Å². The molecule has 0 amide bonds. The Morgan fingerprint density at radius 3 is 2.00 bits per heavy atom. The van der Waals surface area contributed by atoms with Crippen molar-refractivity contribution in [2.75, 3.05) is 0 Å². The minimum atomic E-state index is 0.0975. The van der Waals surface area contributed by atoms with Gasteiger partial charge in [0, 0.05) is 49.9 Å². The molecule has 0 fully saturated rings. The Balaban J connectivity index is 1.000. The average molecular weight is 728 g/mol. The van der Waals surface area contributed by atoms with Gasteiger partial charge in [0.25, 0.3) is 0 Å². The zero-order valence-electron chi connectivity index (χ0n) is 31.0. The molecule has 0 saturated carbocycles. The molecule has 8 aromatic carbocycles. The smallest absolute Gasteiger partial charge is 0.210 e. The topological polar surface area (TPSA) is 21.9 Å². The van der Waals surface area contributed by atoms with Gasteiger partial charge in [0.05, 0.1) is 16.7 Å². The molecule has 0 radical (unpaired) electrons. The number of aromatic nitrogens is 2. The molecule has 1 aliphatic carbocycles. The quantitative estimate of drug-likeness (QED) is 0.162. The predicted octanol–water partition coefficient (Wildman–Crippen LogP) is 13.6. The van der Waals surface area contributed by atoms with Crippen LogP contribution in [-0.4, -0.2) is 4.57 Å². The summed E-state index contributed by atoms with van der Waals surface area (Å²) in [5.41, 5.74) is 17.7. The molecule has 0 N–H and O–H groups in total. The highest BCUT2D eigenvalue weighted by molar-refractivity contribution is 6.14. The van der Waals surface area contributed by atoms with Crippen molar-refractivity contribution in [3.63, 3.8) is 0 Å². The van der Waals surface area contributed by atoms with E-state index in [4.69, 9.17) is 4.42 Å². The van der Waals surface area contributed by atoms with Crippen molar-refractivity contribution < 1.29 is 8.98 Å². The third-order valence-corrected chi connectivity index (χ3v) is 12.0. The van der Waals surface area contributed by atoms with Crippen LogP contribution in [0.4, 0.5) is 0 Å². The number of hydrogen-bond donors (Lipinski definition) is 0. The van der Waals surface area contributed by atoms with Gasteiger partial charge in [0.15, 0.2) is 12.4 Å². The summed E-state index contributed by atoms with van der Waals surface area (Å²) in [6, 6.07) is 70.4. The fraction of sp³-hybridized carbons (Fsp3) is 0.0185. The van der Waals surface area contributed by atoms with Crippen LogP contribution < -0.4 is 4.57 Å². The van der Waals surface area contributed by atoms with Crippen LogP contribution in [0.25, 0.3) is 93.9 Å². The van der Waals surface area contributed by atoms with Crippen LogP contribution in [0.5, 0.6) is 0 Å². The Kier molecular flexibility index (Phi) is 6.99. The van der Waals surface area contributed by atoms with Crippen molar-refractivity contribution in [3.05, 3.63) is 218 Å². The van der Waals surface area contributed by atoms with Gasteiger partial charge in [0.1, 0.15) is 11.2 Å². The Labute approximate surface area is 330 Å². The summed E-state index contributed by atoms with van der Waals surface area (Å²) in [5, 5.41) is 4.74. The Morgan fingerprint density at radius 2 is 1.07 bits per heavy atom. The van der Waals surface area contributed by atoms with E-state index < -0.39 is 0 Å². The van der Waals surface area contributed by atoms with Crippen molar-refractivity contribution in [3.8, 4) is 50.2 Å². The summed E-state index contributed by atoms with van der Waals surface area (Å²) in [4.78, 5) is 0. The lowest BCUT2D eigenvalue weighted by molar-refractivity contribution is -0.703. The monoisotopic (exact) mass is 727 g/mol. The maximum absolute atomic E-state index is 6.33. The van der Waals surface area contributed by atoms with Crippen LogP contribution in [-0.2, 0) is 0 Å². The molecular formula is C54H35N2O+. The molecule has 3 nitrogen and oxygen atoms in total. The lowest BCUT2D eigenvalue weighted by atomic mass is 9.96. The molecule has 11 aromatic rings. The Hall–Kier alpha value is -7.49. The van der Waals surface area contributed by atoms with Crippen molar-refractivity contribution in [2.45, 2.75) is 6.04 Å². The second-order valence-corrected chi connectivity index (χ2v) is 15.1. The van der Waals surface area contributed by atoms with Gasteiger partial charge in [-0.05, 0) is 81.9 Å². The average Bonchev–Trinajstić information content (AvgIpc) is 3.94. The molecule has 1 unspecified atom stereocenters. The van der Waals surface area contributed by atoms with Gasteiger partial charge >= 0.3 is 0 Å². The molecule has 57 heavy (non-hydrogen) atoms. The van der Waals surface area contributed by atoms with Crippen molar-refractivity contribution in [1.29, 1.82) is 0 Å². The van der Waals surface area contributed by atoms with Gasteiger partial charge in [0.2, 0.25) is 6.04 Å². The summed E-state index contributed by atoms with van der Waals surface area (Å²) in [5.74, 6) is 0. The molecule has 0 spiro atoms. The molecule has 0 bridgehead atoms. The summed E-state index contributed by atoms with van der Waals surface area (Å²) < 4.78 is 11.1. The number of pyridine rings is 1. The minimum Gasteiger partial charge on any atom is -0.456 e. The first-order valence-corrected chi connectivity index (χ1v) is 19.6. The number of furan rings is 1. The van der Waals surface area contributed by atoms with Gasteiger partial charge in [-0.15, -0.1) is 0 Å². The second-order valence-electron chi connectivity index (χ2n) is 15.1. The van der Waals surface area contributed by atoms with E-state index in [0.29, 0.717) is 0 Å². The van der Waals surface area contributed by atoms with Gasteiger partial charge in [-0.3, -0.25) is 0 Å². The molecule has 12 rings (SSSR count). The third-order valence-electron chi connectivity index (χ3n) is 12.0. The fourth-order valence-electron chi connectivity index (χ4n) is 9.44. The first kappa shape index (κ1) is 31.8. The third kappa shape index (κ3) is 4.89. The largest absolute Gasteiger partial charge is 0.456 e. The maximum atomic E-state index is 6.33. The molecule has 3 heterocycles. The first-order valence-electron chi connectivity index (χ1n) is 19.6. The Bertz CT molecular complexity index is 3370. The highest BCUT2D eigenvalue weighted by atomic mass is 16.3. The molecule has 3 heteroatoms. The van der Waals surface area contributed by atoms with Crippen LogP contribution in [0, 0.1) is 0 Å². The van der Waals surface area contributed by atoms with Crippen molar-refractivity contribution >= 4 is 43.7 Å². The zero-order chi connectivity index (χ0) is 37.5. The lowest BCUT2D eigenvalue weighted by Gasteiger charge is -2.15. The molecular weight excluding hydrogens is 693 g/mol. The predicted molar refractivity (Wildman–Crippen MR) is 234 cm³/mol. The number of hydrogen-bond acceptors (Lipinski definition) is 1. The number of fused-ring (bicyclic) bond motifs is 9. The fourth-order valence-corrected chi connectivity index (χ4v) is 9.44. The summed E-state index contributed by atoms with van der Waals surface area (Å²) in [6.07, 6.45) is 4.50. The second kappa shape index (κ2) is 12.5. The minimum absolute atomic E-state index is 0.0975. The zero-order valence-corrected chi connectivity index (χ0v) is 31.0. The number of para-hydroxylation sites is 3. The SMILES string of the molecule is c1ccc(-c2ccc[n+](C3c4ccccc4-c4cc(-c5ccc6c(c5)c5ccccc5n6-c5ccccc5-c5cccc6oc7ccccc7c56)ccc43)c2)cc1. The Morgan fingerprint density at radius 1 is 0.404 bits per heavy atom. The number of benzene rings is 8. The first-order chi connectivity index (χ1) is 28.3. The van der Waals surface area contributed by atoms with Crippen LogP contribution in [0.1, 0.15) is 17.2 Å². The summed E-state index contributed by atoms with van der Waals surface area (Å²) in [7, 11) is 0. The van der Waals surface area contributed by atoms with E-state index in [9.17, 15) is 0 Å². The molecule has 266 valence electrons. The van der Waals surface area contributed by atoms with Crippen molar-refractivity contribution in [1.82, 2.24) is 4.57 Å². The maximum Gasteiger partial charge on any atom is 0.210 e. The standard InChI is InChI=1S/C54H35N2O/c1-2-14-35(15-3-1)38-16-13-31-55(34-38)54-43-20-5-4-17-39(43)46-32-36(27-29-44(46)54)37-28-30-50-47(33-37)41-19-7-10-24-49(41)56(50)48-23-9-6-18-40(48)42-22-12-26-52-53(42)45-21-8-11-25-51(45)57-52/h1-34,54H/q+1. The van der Waals surface area contributed by atoms with E-state index in [2.05, 4.69) is 210 Å². The molecule has 3 aromatic heterocycles. The normalized spacial score (nSPS) is 13.4. The van der Waals surface area contributed by atoms with Crippen LogP contribution >= 0.6 is 0 Å². The van der Waals surface area contributed by atoms with Gasteiger partial charge in [-0.1, -0.05) is 140 Å². The highest BCUT2D eigenvalue weighted by Gasteiger charge is 2.35. The van der Waals surface area contributed by atoms with Gasteiger partial charge in [-0.25, -0.2) is 0 Å². The summed E-state index contributed by atoms with van der Waals surface area (Å²) >= 11 is 0. The van der Waals surface area contributed by atoms with E-state index in [1.807, 2.05) is 6.07 Å². The molecule has 1 atom stereocenters. The van der Waals surface area contributed by atoms with Crippen LogP contribution in [0.2, 0.25) is 0 Å². The van der Waals surface area contributed by atoms with Crippen LogP contribution in [0.15, 0.2) is 211 Å². The molecule has 0 saturated heterocycles. The van der Waals surface area contributed by atoms with E-state index in [1.54, 1.807) is 0 Å². The van der Waals surface area contributed by atoms with E-state index in [1.165, 1.54) is 71.9 Å². The van der Waals surface area contributed by atoms with E-state index in [-0.39, 0.29) is 6.04 Å². The molecule has 0 aliphatic heterocycles. The van der Waals surface area contributed by atoms with Crippen molar-refractivity contribution in [2.24, 2.45) is 0 Å². The van der Waals surface area contributed by atoms with Gasteiger partial charge < -0.3 is 8.98 Å². The lowest BCUT2D eigenvalue weighted by Crippen LogP contribution is -2.39. The molecule has 1 aliphatic rings. The highest BCUT2D eigenvalue weighted by Crippen LogP contribution is 2.46. The van der Waals surface area contributed by atoms with Gasteiger partial charge in [-0.2, -0.15) is 4.57 Å². The number of nitrogens with zero attached hydrogens (tertiary/aromatic N) is 2.